The van der Waals surface area contributed by atoms with E-state index < -0.39 is 54.2 Å². The Morgan fingerprint density at radius 1 is 1.25 bits per heavy atom. The number of nitrogens with two attached hydrogens (primary N) is 1. The maximum absolute atomic E-state index is 12.1. The zero-order valence-electron chi connectivity index (χ0n) is 16.1. The van der Waals surface area contributed by atoms with Crippen LogP contribution in [0.25, 0.3) is 0 Å². The Morgan fingerprint density at radius 3 is 2.53 bits per heavy atom. The van der Waals surface area contributed by atoms with Crippen LogP contribution in [0.4, 0.5) is 5.82 Å². The molecule has 2 rings (SSSR count). The van der Waals surface area contributed by atoms with Crippen molar-refractivity contribution < 1.29 is 55.9 Å². The van der Waals surface area contributed by atoms with Crippen LogP contribution in [0, 0.1) is 0 Å². The molecule has 1 saturated heterocycles. The Kier molecular flexibility index (Phi) is 9.98. The molecular weight excluding hydrogens is 539 g/mol. The first-order valence-electron chi connectivity index (χ1n) is 8.27. The summed E-state index contributed by atoms with van der Waals surface area (Å²) in [6.45, 7) is -0.716. The summed E-state index contributed by atoms with van der Waals surface area (Å²) in [5.41, 5.74) is 4.75. The lowest BCUT2D eigenvalue weighted by Gasteiger charge is -2.21. The molecule has 0 bridgehead atoms. The summed E-state index contributed by atoms with van der Waals surface area (Å²) in [6.07, 6.45) is 0.593. The third-order valence-corrected chi connectivity index (χ3v) is 8.87. The van der Waals surface area contributed by atoms with Crippen LogP contribution in [0.5, 0.6) is 0 Å². The molecule has 1 aromatic rings. The van der Waals surface area contributed by atoms with E-state index in [1.807, 2.05) is 6.26 Å². The number of nitrogens with zero attached hydrogens (tertiary/aromatic N) is 2. The second kappa shape index (κ2) is 11.4. The summed E-state index contributed by atoms with van der Waals surface area (Å²) >= 11 is 0. The van der Waals surface area contributed by atoms with Gasteiger partial charge >= 0.3 is 29.2 Å². The predicted molar refractivity (Wildman–Crippen MR) is 112 cm³/mol. The van der Waals surface area contributed by atoms with Gasteiger partial charge < -0.3 is 34.8 Å². The van der Waals surface area contributed by atoms with Gasteiger partial charge in [-0.2, -0.15) is 13.6 Å². The Hall–Kier alpha value is -0.290. The van der Waals surface area contributed by atoms with Gasteiger partial charge in [-0.1, -0.05) is 21.6 Å². The van der Waals surface area contributed by atoms with Crippen LogP contribution in [-0.4, -0.2) is 60.1 Å². The number of ether oxygens (including phenoxy) is 2. The van der Waals surface area contributed by atoms with E-state index in [1.165, 1.54) is 33.9 Å². The molecule has 6 N–H and O–H groups in total. The van der Waals surface area contributed by atoms with Crippen LogP contribution in [-0.2, 0) is 36.3 Å². The first kappa shape index (κ1) is 28.0. The molecule has 2 unspecified atom stereocenters. The molecule has 1 aliphatic rings. The third-order valence-electron chi connectivity index (χ3n) is 3.61. The molecule has 1 aromatic heterocycles. The average Bonchev–Trinajstić information content (AvgIpc) is 3.00. The van der Waals surface area contributed by atoms with E-state index in [9.17, 15) is 28.3 Å². The van der Waals surface area contributed by atoms with Crippen LogP contribution in [0.2, 0.25) is 0 Å². The minimum absolute atomic E-state index is 0.00220. The van der Waals surface area contributed by atoms with Crippen molar-refractivity contribution in [1.29, 1.82) is 0 Å². The molecule has 184 valence electrons. The normalized spacial score (nSPS) is 25.3. The summed E-state index contributed by atoms with van der Waals surface area (Å²) in [6, 6.07) is 1.36. The minimum atomic E-state index is -5.65. The van der Waals surface area contributed by atoms with E-state index in [0.717, 1.165) is 4.57 Å². The van der Waals surface area contributed by atoms with Crippen LogP contribution in [0.3, 0.4) is 0 Å². The van der Waals surface area contributed by atoms with Gasteiger partial charge in [0.15, 0.2) is 0 Å². The summed E-state index contributed by atoms with van der Waals surface area (Å²) in [4.78, 5) is 51.6. The second-order valence-electron chi connectivity index (χ2n) is 5.90. The molecule has 0 amide bonds. The Balaban J connectivity index is 2.08. The first-order valence-corrected chi connectivity index (χ1v) is 15.5. The van der Waals surface area contributed by atoms with Crippen molar-refractivity contribution in [3.63, 3.8) is 0 Å². The van der Waals surface area contributed by atoms with Crippen molar-refractivity contribution >= 4 is 50.9 Å². The van der Waals surface area contributed by atoms with Crippen molar-refractivity contribution in [1.82, 2.24) is 9.55 Å². The van der Waals surface area contributed by atoms with Crippen molar-refractivity contribution in [2.24, 2.45) is 0 Å². The van der Waals surface area contributed by atoms with Gasteiger partial charge in [0.25, 0.3) is 0 Å². The van der Waals surface area contributed by atoms with Crippen LogP contribution < -0.4 is 11.4 Å². The van der Waals surface area contributed by atoms with Gasteiger partial charge in [0.1, 0.15) is 24.1 Å². The molecule has 0 radical (unpaired) electrons. The third kappa shape index (κ3) is 9.16. The lowest BCUT2D eigenvalue weighted by Crippen LogP contribution is -2.29. The summed E-state index contributed by atoms with van der Waals surface area (Å²) in [7, 11) is -13.7. The minimum Gasteiger partial charge on any atom is -0.383 e. The van der Waals surface area contributed by atoms with Gasteiger partial charge in [-0.25, -0.2) is 18.5 Å². The van der Waals surface area contributed by atoms with Gasteiger partial charge in [-0.3, -0.25) is 9.09 Å². The molecule has 0 saturated carbocycles. The Labute approximate surface area is 188 Å². The zero-order valence-corrected chi connectivity index (χ0v) is 20.4. The number of nitrogen functional groups attached to an aromatic ring is 1. The molecule has 16 nitrogen and oxygen atoms in total. The molecule has 1 aliphatic heterocycles. The van der Waals surface area contributed by atoms with E-state index >= 15 is 0 Å². The van der Waals surface area contributed by atoms with E-state index in [0.29, 0.717) is 0 Å². The number of phosphoric ester groups is 1. The van der Waals surface area contributed by atoms with Gasteiger partial charge in [-0.15, -0.1) is 0 Å². The van der Waals surface area contributed by atoms with Crippen LogP contribution in [0.15, 0.2) is 17.1 Å². The molecule has 32 heavy (non-hydrogen) atoms. The van der Waals surface area contributed by atoms with Crippen molar-refractivity contribution in [2.75, 3.05) is 24.5 Å². The lowest BCUT2D eigenvalue weighted by molar-refractivity contribution is -0.0542. The van der Waals surface area contributed by atoms with E-state index in [-0.39, 0.29) is 18.2 Å². The highest BCUT2D eigenvalue weighted by Crippen LogP contribution is 2.66. The van der Waals surface area contributed by atoms with Gasteiger partial charge in [0.2, 0.25) is 0 Å². The molecule has 1 fully saturated rings. The highest BCUT2D eigenvalue weighted by Gasteiger charge is 2.43. The van der Waals surface area contributed by atoms with Crippen LogP contribution >= 0.6 is 45.1 Å². The highest BCUT2D eigenvalue weighted by molar-refractivity contribution is 8.76. The summed E-state index contributed by atoms with van der Waals surface area (Å²) in [5, 5.41) is 0. The molecule has 0 aromatic carbocycles. The smallest absolute Gasteiger partial charge is 0.383 e. The number of aromatic nitrogens is 2. The van der Waals surface area contributed by atoms with Gasteiger partial charge in [0.05, 0.1) is 12.7 Å². The number of phosphoric acid groups is 3. The molecule has 2 heterocycles. The standard InChI is InChI=1S/C11H20N3O13P3S2/c1-31-32-6-23-7-4-10(14-3-2-9(12)13-11(14)15)25-8(7)5-24-29(19,20)27-30(21,22)26-28(16,17)18/h2-3,7-8,10H,4-6H2,1H3,(H,19,20)(H,21,22)(H2,12,13,15)(H2,16,17,18)/t7-,8-,10-/m1/s1. The fraction of sp³-hybridized carbons (Fsp3) is 0.636. The molecule has 21 heteroatoms. The average molecular weight is 559 g/mol. The van der Waals surface area contributed by atoms with Crippen LogP contribution in [0.1, 0.15) is 12.6 Å². The number of hydrogen-bond donors (Lipinski definition) is 5. The molecule has 0 spiro atoms. The van der Waals surface area contributed by atoms with Crippen molar-refractivity contribution in [3.8, 4) is 0 Å². The van der Waals surface area contributed by atoms with Gasteiger partial charge in [-0.05, 0) is 12.3 Å². The van der Waals surface area contributed by atoms with E-state index in [2.05, 4.69) is 18.1 Å². The fourth-order valence-corrected chi connectivity index (χ4v) is 6.29. The largest absolute Gasteiger partial charge is 0.490 e. The summed E-state index contributed by atoms with van der Waals surface area (Å²) < 4.78 is 58.4. The topological polar surface area (TPSA) is 239 Å². The number of rotatable bonds is 12. The zero-order chi connectivity index (χ0) is 24.2. The Bertz CT molecular complexity index is 989. The highest BCUT2D eigenvalue weighted by atomic mass is 33.1. The Morgan fingerprint density at radius 2 is 1.94 bits per heavy atom. The quantitative estimate of drug-likeness (QED) is 0.103. The molecule has 0 aliphatic carbocycles. The maximum Gasteiger partial charge on any atom is 0.490 e. The van der Waals surface area contributed by atoms with E-state index in [4.69, 9.17) is 25.0 Å². The SMILES string of the molecule is CSSCO[C@@H]1C[C@H](n2ccc(N)nc2=O)O[C@@H]1COP(=O)(O)OP(=O)(O)OP(=O)(O)O. The number of anilines is 1. The summed E-state index contributed by atoms with van der Waals surface area (Å²) in [5.74, 6) is 0.195. The first-order chi connectivity index (χ1) is 14.7. The molecular formula is C11H20N3O13P3S2. The maximum atomic E-state index is 12.1. The van der Waals surface area contributed by atoms with Gasteiger partial charge in [0, 0.05) is 12.6 Å². The predicted octanol–water partition coefficient (Wildman–Crippen LogP) is 0.810. The number of hydrogen-bond acceptors (Lipinski definition) is 13. The fourth-order valence-electron chi connectivity index (χ4n) is 2.48. The van der Waals surface area contributed by atoms with Crippen molar-refractivity contribution in [2.45, 2.75) is 24.9 Å². The van der Waals surface area contributed by atoms with Crippen molar-refractivity contribution in [3.05, 3.63) is 22.7 Å². The van der Waals surface area contributed by atoms with E-state index in [1.54, 1.807) is 0 Å². The lowest BCUT2D eigenvalue weighted by atomic mass is 10.2. The monoisotopic (exact) mass is 559 g/mol. The second-order valence-corrected chi connectivity index (χ2v) is 12.8. The molecule has 5 atom stereocenters.